The topological polar surface area (TPSA) is 34.0 Å². The van der Waals surface area contributed by atoms with E-state index >= 15 is 0 Å². The van der Waals surface area contributed by atoms with E-state index in [4.69, 9.17) is 4.74 Å². The molecular formula is C22H24N2O. The second-order valence-corrected chi connectivity index (χ2v) is 5.43. The van der Waals surface area contributed by atoms with Crippen LogP contribution in [-0.4, -0.2) is 18.5 Å². The van der Waals surface area contributed by atoms with Crippen LogP contribution in [0.3, 0.4) is 0 Å². The van der Waals surface area contributed by atoms with Crippen LogP contribution in [0.2, 0.25) is 0 Å². The first-order valence-corrected chi connectivity index (χ1v) is 8.33. The number of rotatable bonds is 5. The summed E-state index contributed by atoms with van der Waals surface area (Å²) in [7, 11) is 0. The molecule has 0 amide bonds. The molecular weight excluding hydrogens is 308 g/mol. The maximum Gasteiger partial charge on any atom is 0.138 e. The van der Waals surface area contributed by atoms with Gasteiger partial charge in [0.15, 0.2) is 0 Å². The van der Waals surface area contributed by atoms with Gasteiger partial charge in [0.1, 0.15) is 18.1 Å². The lowest BCUT2D eigenvalue weighted by Crippen LogP contribution is -2.16. The third-order valence-corrected chi connectivity index (χ3v) is 3.68. The number of nitrogens with zero attached hydrogens (tertiary/aromatic N) is 2. The first-order chi connectivity index (χ1) is 12.2. The van der Waals surface area contributed by atoms with Gasteiger partial charge in [-0.2, -0.15) is 0 Å². The molecule has 0 saturated carbocycles. The van der Waals surface area contributed by atoms with Gasteiger partial charge in [-0.05, 0) is 43.5 Å². The second-order valence-electron chi connectivity index (χ2n) is 5.43. The van der Waals surface area contributed by atoms with Gasteiger partial charge in [-0.1, -0.05) is 55.1 Å². The summed E-state index contributed by atoms with van der Waals surface area (Å²) in [5.41, 5.74) is 4.90. The third-order valence-electron chi connectivity index (χ3n) is 3.68. The maximum atomic E-state index is 5.65. The van der Waals surface area contributed by atoms with Crippen molar-refractivity contribution in [2.45, 2.75) is 20.8 Å². The largest absolute Gasteiger partial charge is 0.486 e. The first kappa shape index (κ1) is 18.4. The van der Waals surface area contributed by atoms with E-state index in [1.165, 1.54) is 0 Å². The van der Waals surface area contributed by atoms with Crippen molar-refractivity contribution in [2.75, 3.05) is 6.61 Å². The molecule has 1 aromatic rings. The summed E-state index contributed by atoms with van der Waals surface area (Å²) in [5, 5.41) is 0. The Kier molecular flexibility index (Phi) is 6.90. The second kappa shape index (κ2) is 9.38. The number of allylic oxidation sites excluding steroid dienone is 6. The fourth-order valence-corrected chi connectivity index (χ4v) is 2.32. The van der Waals surface area contributed by atoms with Crippen LogP contribution in [0, 0.1) is 0 Å². The van der Waals surface area contributed by atoms with E-state index in [1.54, 1.807) is 6.20 Å². The average molecular weight is 332 g/mol. The quantitative estimate of drug-likeness (QED) is 0.657. The van der Waals surface area contributed by atoms with Gasteiger partial charge in [0.25, 0.3) is 0 Å². The van der Waals surface area contributed by atoms with Crippen molar-refractivity contribution in [3.63, 3.8) is 0 Å². The smallest absolute Gasteiger partial charge is 0.138 e. The fourth-order valence-electron chi connectivity index (χ4n) is 2.32. The summed E-state index contributed by atoms with van der Waals surface area (Å²) in [5.74, 6) is 0.606. The zero-order valence-electron chi connectivity index (χ0n) is 15.1. The Balaban J connectivity index is 2.26. The van der Waals surface area contributed by atoms with Gasteiger partial charge in [0.2, 0.25) is 0 Å². The first-order valence-electron chi connectivity index (χ1n) is 8.33. The van der Waals surface area contributed by atoms with E-state index in [-0.39, 0.29) is 0 Å². The highest BCUT2D eigenvalue weighted by Crippen LogP contribution is 2.21. The van der Waals surface area contributed by atoms with Crippen molar-refractivity contribution < 1.29 is 4.74 Å². The van der Waals surface area contributed by atoms with E-state index in [1.807, 2.05) is 57.4 Å². The number of hydrogen-bond donors (Lipinski definition) is 0. The van der Waals surface area contributed by atoms with E-state index in [2.05, 4.69) is 40.8 Å². The number of benzene rings is 1. The van der Waals surface area contributed by atoms with Crippen LogP contribution < -0.4 is 0 Å². The minimum Gasteiger partial charge on any atom is -0.486 e. The van der Waals surface area contributed by atoms with E-state index in [9.17, 15) is 0 Å². The van der Waals surface area contributed by atoms with Gasteiger partial charge < -0.3 is 4.74 Å². The van der Waals surface area contributed by atoms with Gasteiger partial charge in [0, 0.05) is 12.4 Å². The molecule has 1 aromatic carbocycles. The SMILES string of the molecule is C=C1OCC(c2ccc(C(=C/C)/C=N/C=C\C)cc2)=N/C1=C/C=C\C. The third kappa shape index (κ3) is 5.01. The van der Waals surface area contributed by atoms with Gasteiger partial charge in [-0.25, -0.2) is 4.99 Å². The zero-order chi connectivity index (χ0) is 18.1. The molecule has 1 aliphatic rings. The molecule has 128 valence electrons. The molecule has 0 aliphatic carbocycles. The van der Waals surface area contributed by atoms with Crippen LogP contribution in [-0.2, 0) is 4.74 Å². The fraction of sp³-hybridized carbons (Fsp3) is 0.182. The number of hydrogen-bond acceptors (Lipinski definition) is 3. The molecule has 0 saturated heterocycles. The Bertz CT molecular complexity index is 788. The zero-order valence-corrected chi connectivity index (χ0v) is 15.1. The molecule has 1 aliphatic heterocycles. The van der Waals surface area contributed by atoms with Crippen LogP contribution in [0.25, 0.3) is 5.57 Å². The molecule has 25 heavy (non-hydrogen) atoms. The lowest BCUT2D eigenvalue weighted by atomic mass is 10.0. The summed E-state index contributed by atoms with van der Waals surface area (Å²) in [6, 6.07) is 8.28. The minimum absolute atomic E-state index is 0.435. The highest BCUT2D eigenvalue weighted by Gasteiger charge is 2.15. The van der Waals surface area contributed by atoms with Gasteiger partial charge in [-0.15, -0.1) is 0 Å². The molecule has 1 heterocycles. The maximum absolute atomic E-state index is 5.65. The Morgan fingerprint density at radius 1 is 1.16 bits per heavy atom. The van der Waals surface area contributed by atoms with Gasteiger partial charge in [0.05, 0.1) is 5.71 Å². The van der Waals surface area contributed by atoms with Crippen LogP contribution in [0.4, 0.5) is 0 Å². The average Bonchev–Trinajstić information content (AvgIpc) is 2.65. The molecule has 0 bridgehead atoms. The Morgan fingerprint density at radius 3 is 2.56 bits per heavy atom. The lowest BCUT2D eigenvalue weighted by Gasteiger charge is -2.18. The molecule has 3 nitrogen and oxygen atoms in total. The summed E-state index contributed by atoms with van der Waals surface area (Å²) >= 11 is 0. The summed E-state index contributed by atoms with van der Waals surface area (Å²) in [6.07, 6.45) is 13.4. The Hall–Kier alpha value is -2.94. The normalized spacial score (nSPS) is 17.7. The predicted octanol–water partition coefficient (Wildman–Crippen LogP) is 5.49. The standard InChI is InChI=1S/C22H24N2O/c1-5-8-9-21-17(4)25-16-22(24-21)20-12-10-19(11-13-20)18(7-3)15-23-14-6-2/h5-15H,4,16H2,1-3H3/b8-5-,14-6-,18-7+,21-9+,23-15+. The van der Waals surface area contributed by atoms with Crippen LogP contribution >= 0.6 is 0 Å². The van der Waals surface area contributed by atoms with Crippen molar-refractivity contribution >= 4 is 17.5 Å². The van der Waals surface area contributed by atoms with E-state index in [0.717, 1.165) is 28.1 Å². The van der Waals surface area contributed by atoms with Crippen LogP contribution in [0.5, 0.6) is 0 Å². The number of aliphatic imine (C=N–C) groups is 2. The van der Waals surface area contributed by atoms with Crippen molar-refractivity contribution in [1.29, 1.82) is 0 Å². The summed E-state index contributed by atoms with van der Waals surface area (Å²) in [6.45, 7) is 10.3. The van der Waals surface area contributed by atoms with E-state index in [0.29, 0.717) is 12.4 Å². The number of ether oxygens (including phenoxy) is 1. The molecule has 0 aromatic heterocycles. The Morgan fingerprint density at radius 2 is 1.92 bits per heavy atom. The molecule has 2 rings (SSSR count). The lowest BCUT2D eigenvalue weighted by molar-refractivity contribution is 0.262. The molecule has 3 heteroatoms. The molecule has 0 N–H and O–H groups in total. The highest BCUT2D eigenvalue weighted by molar-refractivity contribution is 6.10. The van der Waals surface area contributed by atoms with E-state index < -0.39 is 0 Å². The molecule has 0 atom stereocenters. The minimum atomic E-state index is 0.435. The summed E-state index contributed by atoms with van der Waals surface area (Å²) < 4.78 is 5.65. The van der Waals surface area contributed by atoms with Crippen molar-refractivity contribution in [2.24, 2.45) is 9.98 Å². The Labute approximate surface area is 150 Å². The summed E-state index contributed by atoms with van der Waals surface area (Å²) in [4.78, 5) is 8.93. The molecule has 0 radical (unpaired) electrons. The monoisotopic (exact) mass is 332 g/mol. The van der Waals surface area contributed by atoms with Gasteiger partial charge >= 0.3 is 0 Å². The predicted molar refractivity (Wildman–Crippen MR) is 108 cm³/mol. The van der Waals surface area contributed by atoms with Crippen LogP contribution in [0.15, 0.2) is 88.9 Å². The van der Waals surface area contributed by atoms with Crippen LogP contribution in [0.1, 0.15) is 31.9 Å². The van der Waals surface area contributed by atoms with Crippen molar-refractivity contribution in [1.82, 2.24) is 0 Å². The van der Waals surface area contributed by atoms with Gasteiger partial charge in [-0.3, -0.25) is 4.99 Å². The molecule has 0 unspecified atom stereocenters. The van der Waals surface area contributed by atoms with Crippen molar-refractivity contribution in [3.05, 3.63) is 90.0 Å². The molecule has 0 fully saturated rings. The molecule has 0 spiro atoms. The highest BCUT2D eigenvalue weighted by atomic mass is 16.5. The van der Waals surface area contributed by atoms with Crippen molar-refractivity contribution in [3.8, 4) is 0 Å².